The van der Waals surface area contributed by atoms with E-state index < -0.39 is 0 Å². The van der Waals surface area contributed by atoms with Gasteiger partial charge in [0.1, 0.15) is 5.75 Å². The molecular formula is C21H24N2O2. The molecule has 0 aliphatic rings. The molecular weight excluding hydrogens is 312 g/mol. The minimum absolute atomic E-state index is 0.184. The second-order valence-electron chi connectivity index (χ2n) is 5.93. The van der Waals surface area contributed by atoms with Crippen molar-refractivity contribution in [2.24, 2.45) is 0 Å². The summed E-state index contributed by atoms with van der Waals surface area (Å²) in [5.41, 5.74) is 1.80. The zero-order valence-corrected chi connectivity index (χ0v) is 14.6. The molecule has 0 saturated heterocycles. The van der Waals surface area contributed by atoms with Gasteiger partial charge in [-0.25, -0.2) is 0 Å². The third-order valence-corrected chi connectivity index (χ3v) is 3.90. The highest BCUT2D eigenvalue weighted by atomic mass is 16.5. The Balaban J connectivity index is 1.80. The van der Waals surface area contributed by atoms with Gasteiger partial charge < -0.3 is 10.1 Å². The molecule has 2 aromatic rings. The maximum absolute atomic E-state index is 12.2. The molecule has 1 amide bonds. The third-order valence-electron chi connectivity index (χ3n) is 3.90. The molecule has 0 fully saturated rings. The molecule has 1 N–H and O–H groups in total. The molecule has 0 saturated carbocycles. The molecule has 0 aliphatic heterocycles. The standard InChI is InChI=1S/C21H24N2O2/c1-2-3-4-5-6-15-25-20-13-9-18(10-14-20)21(24)23-19-11-7-17(16-22)8-12-19/h7-14H,2-6,15H2,1H3,(H,23,24). The smallest absolute Gasteiger partial charge is 0.255 e. The second-order valence-corrected chi connectivity index (χ2v) is 5.93. The molecule has 0 unspecified atom stereocenters. The van der Waals surface area contributed by atoms with Crippen LogP contribution in [0.25, 0.3) is 0 Å². The predicted octanol–water partition coefficient (Wildman–Crippen LogP) is 5.16. The van der Waals surface area contributed by atoms with Crippen molar-refractivity contribution < 1.29 is 9.53 Å². The Labute approximate surface area is 149 Å². The number of hydrogen-bond acceptors (Lipinski definition) is 3. The Hall–Kier alpha value is -2.80. The topological polar surface area (TPSA) is 62.1 Å². The fourth-order valence-electron chi connectivity index (χ4n) is 2.43. The minimum atomic E-state index is -0.184. The Morgan fingerprint density at radius 3 is 2.32 bits per heavy atom. The van der Waals surface area contributed by atoms with E-state index in [-0.39, 0.29) is 5.91 Å². The Kier molecular flexibility index (Phi) is 7.52. The highest BCUT2D eigenvalue weighted by Gasteiger charge is 2.06. The third kappa shape index (κ3) is 6.31. The van der Waals surface area contributed by atoms with Gasteiger partial charge in [-0.2, -0.15) is 5.26 Å². The molecule has 2 aromatic carbocycles. The van der Waals surface area contributed by atoms with Crippen molar-refractivity contribution in [3.63, 3.8) is 0 Å². The monoisotopic (exact) mass is 336 g/mol. The van der Waals surface area contributed by atoms with E-state index in [1.807, 2.05) is 18.2 Å². The Bertz CT molecular complexity index is 700. The molecule has 25 heavy (non-hydrogen) atoms. The van der Waals surface area contributed by atoms with Crippen LogP contribution in [0, 0.1) is 11.3 Å². The molecule has 0 bridgehead atoms. The summed E-state index contributed by atoms with van der Waals surface area (Å²) in [4.78, 5) is 12.2. The number of unbranched alkanes of at least 4 members (excludes halogenated alkanes) is 4. The Morgan fingerprint density at radius 1 is 1.00 bits per heavy atom. The highest BCUT2D eigenvalue weighted by molar-refractivity contribution is 6.04. The SMILES string of the molecule is CCCCCCCOc1ccc(C(=O)Nc2ccc(C#N)cc2)cc1. The van der Waals surface area contributed by atoms with Crippen LogP contribution >= 0.6 is 0 Å². The van der Waals surface area contributed by atoms with E-state index in [1.54, 1.807) is 36.4 Å². The number of nitrogens with zero attached hydrogens (tertiary/aromatic N) is 1. The van der Waals surface area contributed by atoms with Gasteiger partial charge in [0.25, 0.3) is 5.91 Å². The first-order chi connectivity index (χ1) is 12.2. The maximum Gasteiger partial charge on any atom is 0.255 e. The lowest BCUT2D eigenvalue weighted by Crippen LogP contribution is -2.11. The molecule has 0 spiro atoms. The van der Waals surface area contributed by atoms with Crippen molar-refractivity contribution in [1.29, 1.82) is 5.26 Å². The largest absolute Gasteiger partial charge is 0.494 e. The van der Waals surface area contributed by atoms with Gasteiger partial charge in [0.2, 0.25) is 0 Å². The van der Waals surface area contributed by atoms with E-state index in [1.165, 1.54) is 25.7 Å². The van der Waals surface area contributed by atoms with Crippen LogP contribution in [0.3, 0.4) is 0 Å². The molecule has 2 rings (SSSR count). The molecule has 0 heterocycles. The van der Waals surface area contributed by atoms with E-state index in [9.17, 15) is 4.79 Å². The van der Waals surface area contributed by atoms with Crippen LogP contribution in [0.15, 0.2) is 48.5 Å². The highest BCUT2D eigenvalue weighted by Crippen LogP contribution is 2.15. The van der Waals surface area contributed by atoms with Gasteiger partial charge in [0, 0.05) is 11.3 Å². The van der Waals surface area contributed by atoms with Crippen LogP contribution in [-0.2, 0) is 0 Å². The molecule has 0 radical (unpaired) electrons. The van der Waals surface area contributed by atoms with Crippen molar-refractivity contribution in [1.82, 2.24) is 0 Å². The number of carbonyl (C=O) groups is 1. The van der Waals surface area contributed by atoms with E-state index in [0.717, 1.165) is 12.2 Å². The molecule has 0 aromatic heterocycles. The molecule has 0 aliphatic carbocycles. The fourth-order valence-corrected chi connectivity index (χ4v) is 2.43. The number of anilines is 1. The van der Waals surface area contributed by atoms with Crippen molar-refractivity contribution in [2.45, 2.75) is 39.0 Å². The molecule has 4 heteroatoms. The first kappa shape index (κ1) is 18.5. The van der Waals surface area contributed by atoms with Gasteiger partial charge >= 0.3 is 0 Å². The van der Waals surface area contributed by atoms with Crippen LogP contribution < -0.4 is 10.1 Å². The number of hydrogen-bond donors (Lipinski definition) is 1. The minimum Gasteiger partial charge on any atom is -0.494 e. The molecule has 0 atom stereocenters. The average Bonchev–Trinajstić information content (AvgIpc) is 2.65. The maximum atomic E-state index is 12.2. The van der Waals surface area contributed by atoms with Gasteiger partial charge in [-0.1, -0.05) is 32.6 Å². The van der Waals surface area contributed by atoms with Gasteiger partial charge in [-0.05, 0) is 55.0 Å². The van der Waals surface area contributed by atoms with E-state index in [2.05, 4.69) is 12.2 Å². The van der Waals surface area contributed by atoms with Crippen molar-refractivity contribution >= 4 is 11.6 Å². The number of rotatable bonds is 9. The summed E-state index contributed by atoms with van der Waals surface area (Å²) in [6.07, 6.45) is 6.03. The fraction of sp³-hybridized carbons (Fsp3) is 0.333. The lowest BCUT2D eigenvalue weighted by molar-refractivity contribution is 0.102. The first-order valence-corrected chi connectivity index (χ1v) is 8.77. The quantitative estimate of drug-likeness (QED) is 0.643. The molecule has 130 valence electrons. The zero-order valence-electron chi connectivity index (χ0n) is 14.6. The molecule has 4 nitrogen and oxygen atoms in total. The average molecular weight is 336 g/mol. The summed E-state index contributed by atoms with van der Waals surface area (Å²) in [7, 11) is 0. The van der Waals surface area contributed by atoms with Crippen molar-refractivity contribution in [3.05, 3.63) is 59.7 Å². The van der Waals surface area contributed by atoms with Crippen LogP contribution in [0.2, 0.25) is 0 Å². The predicted molar refractivity (Wildman–Crippen MR) is 99.8 cm³/mol. The van der Waals surface area contributed by atoms with Gasteiger partial charge in [0.05, 0.1) is 18.2 Å². The number of amides is 1. The summed E-state index contributed by atoms with van der Waals surface area (Å²) >= 11 is 0. The van der Waals surface area contributed by atoms with E-state index in [0.29, 0.717) is 23.4 Å². The number of carbonyl (C=O) groups excluding carboxylic acids is 1. The van der Waals surface area contributed by atoms with Crippen LogP contribution in [0.1, 0.15) is 54.9 Å². The normalized spacial score (nSPS) is 10.1. The number of benzene rings is 2. The van der Waals surface area contributed by atoms with Crippen LogP contribution in [0.5, 0.6) is 5.75 Å². The van der Waals surface area contributed by atoms with E-state index >= 15 is 0 Å². The number of ether oxygens (including phenoxy) is 1. The van der Waals surface area contributed by atoms with Crippen molar-refractivity contribution in [2.75, 3.05) is 11.9 Å². The van der Waals surface area contributed by atoms with Gasteiger partial charge in [-0.15, -0.1) is 0 Å². The zero-order chi connectivity index (χ0) is 17.9. The first-order valence-electron chi connectivity index (χ1n) is 8.77. The van der Waals surface area contributed by atoms with Crippen LogP contribution in [0.4, 0.5) is 5.69 Å². The number of nitrogens with one attached hydrogen (secondary N) is 1. The summed E-state index contributed by atoms with van der Waals surface area (Å²) in [6.45, 7) is 2.91. The second kappa shape index (κ2) is 10.1. The lowest BCUT2D eigenvalue weighted by Gasteiger charge is -2.08. The summed E-state index contributed by atoms with van der Waals surface area (Å²) < 4.78 is 5.70. The summed E-state index contributed by atoms with van der Waals surface area (Å²) in [5, 5.41) is 11.6. The van der Waals surface area contributed by atoms with Gasteiger partial charge in [-0.3, -0.25) is 4.79 Å². The summed E-state index contributed by atoms with van der Waals surface area (Å²) in [6, 6.07) is 16.0. The summed E-state index contributed by atoms with van der Waals surface area (Å²) in [5.74, 6) is 0.598. The Morgan fingerprint density at radius 2 is 1.68 bits per heavy atom. The van der Waals surface area contributed by atoms with Gasteiger partial charge in [0.15, 0.2) is 0 Å². The number of nitriles is 1. The lowest BCUT2D eigenvalue weighted by atomic mass is 10.1. The van der Waals surface area contributed by atoms with E-state index in [4.69, 9.17) is 10.00 Å². The van der Waals surface area contributed by atoms with Crippen molar-refractivity contribution in [3.8, 4) is 11.8 Å². The van der Waals surface area contributed by atoms with Crippen LogP contribution in [-0.4, -0.2) is 12.5 Å².